The molecule has 0 radical (unpaired) electrons. The van der Waals surface area contributed by atoms with Crippen molar-refractivity contribution >= 4 is 28.8 Å². The number of nitro groups is 1. The molecule has 0 saturated carbocycles. The molecular weight excluding hydrogens is 294 g/mol. The van der Waals surface area contributed by atoms with E-state index in [-0.39, 0.29) is 22.5 Å². The Bertz CT molecular complexity index is 770. The van der Waals surface area contributed by atoms with Gasteiger partial charge in [-0.15, -0.1) is 0 Å². The van der Waals surface area contributed by atoms with E-state index in [1.165, 1.54) is 6.92 Å². The fourth-order valence-corrected chi connectivity index (χ4v) is 2.00. The summed E-state index contributed by atoms with van der Waals surface area (Å²) in [5.41, 5.74) is 1.71. The van der Waals surface area contributed by atoms with Gasteiger partial charge in [-0.25, -0.2) is 4.98 Å². The van der Waals surface area contributed by atoms with Crippen LogP contribution in [0.5, 0.6) is 0 Å². The topological polar surface area (TPSA) is 105 Å². The number of hydrogen-bond acceptors (Lipinski definition) is 6. The van der Waals surface area contributed by atoms with Gasteiger partial charge in [0.05, 0.1) is 16.6 Å². The maximum absolute atomic E-state index is 11.1. The minimum atomic E-state index is -0.572. The molecule has 1 heterocycles. The molecule has 0 aliphatic rings. The molecule has 0 fully saturated rings. The van der Waals surface area contributed by atoms with Crippen LogP contribution in [0.4, 0.5) is 17.2 Å². The first kappa shape index (κ1) is 14.7. The monoisotopic (exact) mass is 303 g/mol. The minimum absolute atomic E-state index is 0.00399. The molecule has 0 saturated heterocycles. The van der Waals surface area contributed by atoms with Crippen molar-refractivity contribution in [2.45, 2.75) is 13.8 Å². The number of aryl methyl sites for hydroxylation is 2. The van der Waals surface area contributed by atoms with E-state index in [2.05, 4.69) is 15.3 Å². The maximum Gasteiger partial charge on any atom is 0.332 e. The van der Waals surface area contributed by atoms with E-state index in [9.17, 15) is 10.1 Å². The lowest BCUT2D eigenvalue weighted by molar-refractivity contribution is -0.385. The molecular formula is C13H10ClN5O2. The smallest absolute Gasteiger partial charge is 0.332 e. The van der Waals surface area contributed by atoms with Crippen LogP contribution < -0.4 is 5.32 Å². The van der Waals surface area contributed by atoms with E-state index >= 15 is 0 Å². The van der Waals surface area contributed by atoms with Crippen LogP contribution in [-0.2, 0) is 0 Å². The van der Waals surface area contributed by atoms with Crippen LogP contribution in [0, 0.1) is 35.3 Å². The summed E-state index contributed by atoms with van der Waals surface area (Å²) >= 11 is 5.75. The highest BCUT2D eigenvalue weighted by atomic mass is 35.5. The van der Waals surface area contributed by atoms with Crippen molar-refractivity contribution < 1.29 is 4.92 Å². The number of hydrogen-bond donors (Lipinski definition) is 1. The molecule has 7 nitrogen and oxygen atoms in total. The second kappa shape index (κ2) is 5.73. The predicted octanol–water partition coefficient (Wildman–Crippen LogP) is 3.27. The van der Waals surface area contributed by atoms with Gasteiger partial charge in [0.1, 0.15) is 5.69 Å². The molecule has 1 N–H and O–H groups in total. The van der Waals surface area contributed by atoms with Crippen molar-refractivity contribution in [1.82, 2.24) is 9.97 Å². The number of nitriles is 1. The van der Waals surface area contributed by atoms with E-state index in [4.69, 9.17) is 16.9 Å². The summed E-state index contributed by atoms with van der Waals surface area (Å²) < 4.78 is 0. The molecule has 1 aromatic carbocycles. The van der Waals surface area contributed by atoms with Crippen LogP contribution in [0.3, 0.4) is 0 Å². The first-order valence-corrected chi connectivity index (χ1v) is 6.26. The Kier molecular flexibility index (Phi) is 4.00. The van der Waals surface area contributed by atoms with Gasteiger partial charge in [-0.1, -0.05) is 6.07 Å². The Hall–Kier alpha value is -2.72. The van der Waals surface area contributed by atoms with Crippen LogP contribution in [0.2, 0.25) is 5.28 Å². The summed E-state index contributed by atoms with van der Waals surface area (Å²) in [5, 5.41) is 22.8. The Morgan fingerprint density at radius 3 is 2.71 bits per heavy atom. The number of halogens is 1. The van der Waals surface area contributed by atoms with Crippen molar-refractivity contribution in [3.05, 3.63) is 50.4 Å². The van der Waals surface area contributed by atoms with Gasteiger partial charge in [0, 0.05) is 5.69 Å². The van der Waals surface area contributed by atoms with Crippen molar-refractivity contribution in [3.8, 4) is 6.07 Å². The number of benzene rings is 1. The van der Waals surface area contributed by atoms with Crippen LogP contribution in [0.1, 0.15) is 16.8 Å². The standard InChI is InChI=1S/C13H10ClN5O2/c1-7-3-4-9(6-15)5-10(7)17-12-11(19(20)21)8(2)16-13(14)18-12/h3-5H,1-2H3,(H,16,17,18). The fourth-order valence-electron chi connectivity index (χ4n) is 1.79. The normalized spacial score (nSPS) is 10.0. The average Bonchev–Trinajstić information content (AvgIpc) is 2.40. The SMILES string of the molecule is Cc1ccc(C#N)cc1Nc1nc(Cl)nc(C)c1[N+](=O)[O-]. The molecule has 2 aromatic rings. The molecule has 0 atom stereocenters. The molecule has 8 heteroatoms. The number of nitrogens with zero attached hydrogens (tertiary/aromatic N) is 4. The quantitative estimate of drug-likeness (QED) is 0.530. The molecule has 21 heavy (non-hydrogen) atoms. The fraction of sp³-hybridized carbons (Fsp3) is 0.154. The number of aromatic nitrogens is 2. The third kappa shape index (κ3) is 3.07. The second-order valence-electron chi connectivity index (χ2n) is 4.30. The summed E-state index contributed by atoms with van der Waals surface area (Å²) in [4.78, 5) is 18.2. The number of anilines is 2. The molecule has 1 aromatic heterocycles. The van der Waals surface area contributed by atoms with Gasteiger partial charge >= 0.3 is 5.69 Å². The van der Waals surface area contributed by atoms with Crippen LogP contribution in [0.25, 0.3) is 0 Å². The van der Waals surface area contributed by atoms with Crippen LogP contribution >= 0.6 is 11.6 Å². The Morgan fingerprint density at radius 1 is 1.38 bits per heavy atom. The summed E-state index contributed by atoms with van der Waals surface area (Å²) in [7, 11) is 0. The molecule has 106 valence electrons. The van der Waals surface area contributed by atoms with Crippen molar-refractivity contribution in [3.63, 3.8) is 0 Å². The predicted molar refractivity (Wildman–Crippen MR) is 77.6 cm³/mol. The third-order valence-electron chi connectivity index (χ3n) is 2.83. The van der Waals surface area contributed by atoms with Gasteiger partial charge in [0.15, 0.2) is 0 Å². The zero-order valence-electron chi connectivity index (χ0n) is 11.2. The average molecular weight is 304 g/mol. The van der Waals surface area contributed by atoms with Crippen LogP contribution in [-0.4, -0.2) is 14.9 Å². The highest BCUT2D eigenvalue weighted by Crippen LogP contribution is 2.30. The summed E-state index contributed by atoms with van der Waals surface area (Å²) in [5.74, 6) is -0.00399. The largest absolute Gasteiger partial charge is 0.334 e. The van der Waals surface area contributed by atoms with Crippen LogP contribution in [0.15, 0.2) is 18.2 Å². The molecule has 0 bridgehead atoms. The molecule has 0 aliphatic heterocycles. The van der Waals surface area contributed by atoms with Crippen molar-refractivity contribution in [1.29, 1.82) is 5.26 Å². The van der Waals surface area contributed by atoms with E-state index in [1.54, 1.807) is 18.2 Å². The molecule has 0 amide bonds. The summed E-state index contributed by atoms with van der Waals surface area (Å²) in [6.45, 7) is 3.29. The summed E-state index contributed by atoms with van der Waals surface area (Å²) in [6.07, 6.45) is 0. The maximum atomic E-state index is 11.1. The summed E-state index contributed by atoms with van der Waals surface area (Å²) in [6, 6.07) is 6.99. The lowest BCUT2D eigenvalue weighted by Crippen LogP contribution is -2.05. The number of nitrogens with one attached hydrogen (secondary N) is 1. The first-order valence-electron chi connectivity index (χ1n) is 5.88. The van der Waals surface area contributed by atoms with Gasteiger partial charge in [-0.2, -0.15) is 10.2 Å². The van der Waals surface area contributed by atoms with E-state index in [0.29, 0.717) is 11.3 Å². The number of rotatable bonds is 3. The van der Waals surface area contributed by atoms with Gasteiger partial charge in [0.25, 0.3) is 0 Å². The first-order chi connectivity index (χ1) is 9.92. The highest BCUT2D eigenvalue weighted by Gasteiger charge is 2.22. The minimum Gasteiger partial charge on any atom is -0.334 e. The lowest BCUT2D eigenvalue weighted by Gasteiger charge is -2.10. The van der Waals surface area contributed by atoms with Crippen molar-refractivity contribution in [2.24, 2.45) is 0 Å². The van der Waals surface area contributed by atoms with Gasteiger partial charge in [0.2, 0.25) is 11.1 Å². The van der Waals surface area contributed by atoms with E-state index in [1.807, 2.05) is 13.0 Å². The third-order valence-corrected chi connectivity index (χ3v) is 3.00. The van der Waals surface area contributed by atoms with Crippen molar-refractivity contribution in [2.75, 3.05) is 5.32 Å². The van der Waals surface area contributed by atoms with Gasteiger partial charge < -0.3 is 5.32 Å². The molecule has 0 spiro atoms. The highest BCUT2D eigenvalue weighted by molar-refractivity contribution is 6.28. The van der Waals surface area contributed by atoms with Gasteiger partial charge in [-0.3, -0.25) is 10.1 Å². The molecule has 2 rings (SSSR count). The molecule has 0 aliphatic carbocycles. The lowest BCUT2D eigenvalue weighted by atomic mass is 10.1. The van der Waals surface area contributed by atoms with E-state index < -0.39 is 4.92 Å². The van der Waals surface area contributed by atoms with E-state index in [0.717, 1.165) is 5.56 Å². The molecule has 0 unspecified atom stereocenters. The zero-order valence-corrected chi connectivity index (χ0v) is 12.0. The zero-order chi connectivity index (χ0) is 15.6. The Labute approximate surface area is 125 Å². The second-order valence-corrected chi connectivity index (χ2v) is 4.64. The van der Waals surface area contributed by atoms with Gasteiger partial charge in [-0.05, 0) is 43.1 Å². The Balaban J connectivity index is 2.54. The Morgan fingerprint density at radius 2 is 2.10 bits per heavy atom.